The normalized spacial score (nSPS) is 9.69. The van der Waals surface area contributed by atoms with Gasteiger partial charge in [0.15, 0.2) is 6.29 Å². The van der Waals surface area contributed by atoms with E-state index >= 15 is 0 Å². The van der Waals surface area contributed by atoms with E-state index < -0.39 is 4.92 Å². The maximum atomic E-state index is 10.6. The van der Waals surface area contributed by atoms with Crippen LogP contribution in [0.2, 0.25) is 0 Å². The Kier molecular flexibility index (Phi) is 2.41. The van der Waals surface area contributed by atoms with Crippen LogP contribution in [0.15, 0.2) is 12.1 Å². The van der Waals surface area contributed by atoms with E-state index in [0.717, 1.165) is 5.56 Å². The molecule has 0 radical (unpaired) electrons. The van der Waals surface area contributed by atoms with Crippen molar-refractivity contribution in [1.82, 2.24) is 0 Å². The summed E-state index contributed by atoms with van der Waals surface area (Å²) < 4.78 is 0. The Morgan fingerprint density at radius 1 is 1.38 bits per heavy atom. The standard InChI is InChI=1S/C9H9NO3/c1-6-3-7(2)9(10(12)13)8(4-6)5-11/h3-5H,1-2H3. The van der Waals surface area contributed by atoms with Crippen LogP contribution < -0.4 is 0 Å². The third-order valence-electron chi connectivity index (χ3n) is 1.78. The van der Waals surface area contributed by atoms with Gasteiger partial charge in [-0.3, -0.25) is 14.9 Å². The van der Waals surface area contributed by atoms with Gasteiger partial charge in [-0.05, 0) is 31.5 Å². The summed E-state index contributed by atoms with van der Waals surface area (Å²) in [4.78, 5) is 20.6. The molecule has 13 heavy (non-hydrogen) atoms. The predicted molar refractivity (Wildman–Crippen MR) is 48.0 cm³/mol. The molecule has 0 fully saturated rings. The minimum atomic E-state index is -0.529. The molecule has 1 aromatic rings. The lowest BCUT2D eigenvalue weighted by Gasteiger charge is -2.01. The van der Waals surface area contributed by atoms with Crippen LogP contribution in [0, 0.1) is 24.0 Å². The fourth-order valence-electron chi connectivity index (χ4n) is 1.33. The van der Waals surface area contributed by atoms with E-state index in [1.54, 1.807) is 19.9 Å². The second-order valence-electron chi connectivity index (χ2n) is 2.89. The summed E-state index contributed by atoms with van der Waals surface area (Å²) in [6, 6.07) is 3.20. The number of nitro groups is 1. The van der Waals surface area contributed by atoms with Gasteiger partial charge < -0.3 is 0 Å². The van der Waals surface area contributed by atoms with E-state index in [9.17, 15) is 14.9 Å². The number of benzene rings is 1. The minimum absolute atomic E-state index is 0.0967. The zero-order valence-corrected chi connectivity index (χ0v) is 7.40. The van der Waals surface area contributed by atoms with Crippen LogP contribution in [-0.4, -0.2) is 11.2 Å². The monoisotopic (exact) mass is 179 g/mol. The Morgan fingerprint density at radius 3 is 2.46 bits per heavy atom. The lowest BCUT2D eigenvalue weighted by atomic mass is 10.1. The van der Waals surface area contributed by atoms with Gasteiger partial charge in [0.2, 0.25) is 0 Å². The third kappa shape index (κ3) is 1.72. The Hall–Kier alpha value is -1.71. The van der Waals surface area contributed by atoms with Crippen molar-refractivity contribution in [3.8, 4) is 0 Å². The van der Waals surface area contributed by atoms with Crippen molar-refractivity contribution in [3.05, 3.63) is 38.9 Å². The second kappa shape index (κ2) is 3.35. The highest BCUT2D eigenvalue weighted by molar-refractivity contribution is 5.82. The first kappa shape index (κ1) is 9.38. The van der Waals surface area contributed by atoms with Crippen molar-refractivity contribution in [2.45, 2.75) is 13.8 Å². The third-order valence-corrected chi connectivity index (χ3v) is 1.78. The molecule has 68 valence electrons. The minimum Gasteiger partial charge on any atom is -0.298 e. The van der Waals surface area contributed by atoms with E-state index in [1.165, 1.54) is 6.07 Å². The van der Waals surface area contributed by atoms with Crippen molar-refractivity contribution in [2.24, 2.45) is 0 Å². The fourth-order valence-corrected chi connectivity index (χ4v) is 1.33. The molecule has 0 atom stereocenters. The zero-order valence-electron chi connectivity index (χ0n) is 7.40. The number of nitrogens with zero attached hydrogens (tertiary/aromatic N) is 1. The summed E-state index contributed by atoms with van der Waals surface area (Å²) in [7, 11) is 0. The molecule has 0 aromatic heterocycles. The highest BCUT2D eigenvalue weighted by atomic mass is 16.6. The molecule has 1 aromatic carbocycles. The lowest BCUT2D eigenvalue weighted by Crippen LogP contribution is -1.98. The quantitative estimate of drug-likeness (QED) is 0.396. The molecule has 0 N–H and O–H groups in total. The average molecular weight is 179 g/mol. The van der Waals surface area contributed by atoms with Crippen LogP contribution in [0.25, 0.3) is 0 Å². The summed E-state index contributed by atoms with van der Waals surface area (Å²) in [5.74, 6) is 0. The molecule has 0 saturated carbocycles. The molecular weight excluding hydrogens is 170 g/mol. The average Bonchev–Trinajstić information content (AvgIpc) is 2.01. The summed E-state index contributed by atoms with van der Waals surface area (Å²) in [5.41, 5.74) is 1.42. The molecule has 0 amide bonds. The van der Waals surface area contributed by atoms with Gasteiger partial charge in [0.05, 0.1) is 10.5 Å². The molecule has 1 rings (SSSR count). The smallest absolute Gasteiger partial charge is 0.282 e. The van der Waals surface area contributed by atoms with E-state index in [-0.39, 0.29) is 11.3 Å². The van der Waals surface area contributed by atoms with Crippen molar-refractivity contribution in [2.75, 3.05) is 0 Å². The van der Waals surface area contributed by atoms with E-state index in [4.69, 9.17) is 0 Å². The highest BCUT2D eigenvalue weighted by Crippen LogP contribution is 2.23. The van der Waals surface area contributed by atoms with Crippen LogP contribution in [0.5, 0.6) is 0 Å². The molecule has 0 aliphatic heterocycles. The Labute approximate surface area is 75.3 Å². The number of hydrogen-bond acceptors (Lipinski definition) is 3. The molecule has 4 nitrogen and oxygen atoms in total. The molecule has 0 bridgehead atoms. The molecule has 0 unspecified atom stereocenters. The maximum Gasteiger partial charge on any atom is 0.282 e. The van der Waals surface area contributed by atoms with Gasteiger partial charge in [-0.15, -0.1) is 0 Å². The SMILES string of the molecule is Cc1cc(C)c([N+](=O)[O-])c(C=O)c1. The van der Waals surface area contributed by atoms with Gasteiger partial charge in [0, 0.05) is 5.56 Å². The Balaban J connectivity index is 3.47. The van der Waals surface area contributed by atoms with Gasteiger partial charge in [-0.1, -0.05) is 0 Å². The Morgan fingerprint density at radius 2 is 2.00 bits per heavy atom. The van der Waals surface area contributed by atoms with Gasteiger partial charge >= 0.3 is 0 Å². The van der Waals surface area contributed by atoms with Crippen LogP contribution in [0.3, 0.4) is 0 Å². The highest BCUT2D eigenvalue weighted by Gasteiger charge is 2.16. The number of hydrogen-bond donors (Lipinski definition) is 0. The van der Waals surface area contributed by atoms with Crippen molar-refractivity contribution in [3.63, 3.8) is 0 Å². The largest absolute Gasteiger partial charge is 0.298 e. The molecule has 0 spiro atoms. The molecule has 4 heteroatoms. The van der Waals surface area contributed by atoms with Crippen LogP contribution in [0.4, 0.5) is 5.69 Å². The summed E-state index contributed by atoms with van der Waals surface area (Å²) in [6.07, 6.45) is 0.512. The van der Waals surface area contributed by atoms with Crippen LogP contribution in [0.1, 0.15) is 21.5 Å². The first-order valence-electron chi connectivity index (χ1n) is 3.77. The van der Waals surface area contributed by atoms with Crippen molar-refractivity contribution >= 4 is 12.0 Å². The Bertz CT molecular complexity index is 371. The topological polar surface area (TPSA) is 60.2 Å². The van der Waals surface area contributed by atoms with Gasteiger partial charge in [-0.25, -0.2) is 0 Å². The molecule has 0 heterocycles. The molecular formula is C9H9NO3. The predicted octanol–water partition coefficient (Wildman–Crippen LogP) is 2.02. The van der Waals surface area contributed by atoms with Crippen LogP contribution in [-0.2, 0) is 0 Å². The number of aryl methyl sites for hydroxylation is 2. The van der Waals surface area contributed by atoms with E-state index in [2.05, 4.69) is 0 Å². The fraction of sp³-hybridized carbons (Fsp3) is 0.222. The number of rotatable bonds is 2. The van der Waals surface area contributed by atoms with Gasteiger partial charge in [0.25, 0.3) is 5.69 Å². The number of carbonyl (C=O) groups excluding carboxylic acids is 1. The second-order valence-corrected chi connectivity index (χ2v) is 2.89. The van der Waals surface area contributed by atoms with Gasteiger partial charge in [-0.2, -0.15) is 0 Å². The van der Waals surface area contributed by atoms with Crippen LogP contribution >= 0.6 is 0 Å². The summed E-state index contributed by atoms with van der Waals surface area (Å²) in [6.45, 7) is 3.42. The maximum absolute atomic E-state index is 10.6. The number of carbonyl (C=O) groups is 1. The lowest BCUT2D eigenvalue weighted by molar-refractivity contribution is -0.385. The zero-order chi connectivity index (χ0) is 10.0. The van der Waals surface area contributed by atoms with Crippen molar-refractivity contribution in [1.29, 1.82) is 0 Å². The number of nitro benzene ring substituents is 1. The molecule has 0 aliphatic rings. The summed E-state index contributed by atoms with van der Waals surface area (Å²) in [5, 5.41) is 10.6. The van der Waals surface area contributed by atoms with E-state index in [0.29, 0.717) is 11.8 Å². The number of aldehydes is 1. The first-order chi connectivity index (χ1) is 6.06. The van der Waals surface area contributed by atoms with Crippen molar-refractivity contribution < 1.29 is 9.72 Å². The first-order valence-corrected chi connectivity index (χ1v) is 3.77. The van der Waals surface area contributed by atoms with E-state index in [1.807, 2.05) is 0 Å². The molecule has 0 saturated heterocycles. The molecule has 0 aliphatic carbocycles. The van der Waals surface area contributed by atoms with Gasteiger partial charge in [0.1, 0.15) is 0 Å². The summed E-state index contributed by atoms with van der Waals surface area (Å²) >= 11 is 0.